The van der Waals surface area contributed by atoms with Gasteiger partial charge >= 0.3 is 0 Å². The number of hydrogen-bond donors (Lipinski definition) is 0. The third-order valence-electron chi connectivity index (χ3n) is 4.48. The molecule has 1 unspecified atom stereocenters. The van der Waals surface area contributed by atoms with Gasteiger partial charge in [-0.2, -0.15) is 0 Å². The number of rotatable bonds is 2. The van der Waals surface area contributed by atoms with E-state index in [1.165, 1.54) is 22.3 Å². The van der Waals surface area contributed by atoms with Crippen molar-refractivity contribution in [3.8, 4) is 0 Å². The van der Waals surface area contributed by atoms with Gasteiger partial charge in [0.2, 0.25) is 0 Å². The zero-order valence-corrected chi connectivity index (χ0v) is 13.4. The lowest BCUT2D eigenvalue weighted by Gasteiger charge is -2.22. The SMILES string of the molecule is CC1=CC(c2ccc(C(C)(C)C)cc2C=O)C(C)=C1C. The van der Waals surface area contributed by atoms with E-state index in [9.17, 15) is 4.79 Å². The number of carbonyl (C=O) groups excluding carboxylic acids is 1. The van der Waals surface area contributed by atoms with Gasteiger partial charge in [0.05, 0.1) is 0 Å². The quantitative estimate of drug-likeness (QED) is 0.676. The average Bonchev–Trinajstić information content (AvgIpc) is 2.64. The van der Waals surface area contributed by atoms with Gasteiger partial charge in [0.15, 0.2) is 0 Å². The van der Waals surface area contributed by atoms with Crippen LogP contribution in [0.3, 0.4) is 0 Å². The minimum Gasteiger partial charge on any atom is -0.298 e. The third kappa shape index (κ3) is 2.49. The van der Waals surface area contributed by atoms with Crippen LogP contribution in [0.4, 0.5) is 0 Å². The molecule has 0 amide bonds. The molecule has 0 fully saturated rings. The first kappa shape index (κ1) is 14.8. The van der Waals surface area contributed by atoms with Crippen molar-refractivity contribution < 1.29 is 4.79 Å². The monoisotopic (exact) mass is 268 g/mol. The molecule has 1 atom stereocenters. The molecule has 1 heteroatoms. The van der Waals surface area contributed by atoms with Gasteiger partial charge in [-0.25, -0.2) is 0 Å². The summed E-state index contributed by atoms with van der Waals surface area (Å²) in [4.78, 5) is 11.5. The molecule has 1 aliphatic rings. The second-order valence-corrected chi connectivity index (χ2v) is 6.85. The number of aldehydes is 1. The van der Waals surface area contributed by atoms with Crippen LogP contribution in [0.5, 0.6) is 0 Å². The Bertz CT molecular complexity index is 609. The van der Waals surface area contributed by atoms with Crippen LogP contribution >= 0.6 is 0 Å². The van der Waals surface area contributed by atoms with E-state index < -0.39 is 0 Å². The molecule has 2 rings (SSSR count). The van der Waals surface area contributed by atoms with Gasteiger partial charge < -0.3 is 0 Å². The lowest BCUT2D eigenvalue weighted by atomic mass is 9.82. The highest BCUT2D eigenvalue weighted by Gasteiger charge is 2.23. The van der Waals surface area contributed by atoms with Crippen LogP contribution < -0.4 is 0 Å². The maximum absolute atomic E-state index is 11.5. The van der Waals surface area contributed by atoms with Gasteiger partial charge in [-0.3, -0.25) is 4.79 Å². The number of allylic oxidation sites excluding steroid dienone is 4. The van der Waals surface area contributed by atoms with E-state index in [-0.39, 0.29) is 11.3 Å². The highest BCUT2D eigenvalue weighted by Crippen LogP contribution is 2.39. The van der Waals surface area contributed by atoms with Crippen molar-refractivity contribution in [2.45, 2.75) is 52.9 Å². The minimum atomic E-state index is 0.0680. The molecule has 0 saturated heterocycles. The van der Waals surface area contributed by atoms with Gasteiger partial charge in [0.1, 0.15) is 6.29 Å². The Labute approximate surface area is 122 Å². The molecule has 106 valence electrons. The summed E-state index contributed by atoms with van der Waals surface area (Å²) in [5.41, 5.74) is 7.26. The molecular formula is C19H24O. The van der Waals surface area contributed by atoms with E-state index in [0.717, 1.165) is 17.4 Å². The molecule has 0 N–H and O–H groups in total. The molecule has 0 saturated carbocycles. The summed E-state index contributed by atoms with van der Waals surface area (Å²) in [7, 11) is 0. The van der Waals surface area contributed by atoms with Crippen LogP contribution in [0.15, 0.2) is 41.0 Å². The summed E-state index contributed by atoms with van der Waals surface area (Å²) >= 11 is 0. The summed E-state index contributed by atoms with van der Waals surface area (Å²) < 4.78 is 0. The normalized spacial score (nSPS) is 19.3. The fraction of sp³-hybridized carbons (Fsp3) is 0.421. The van der Waals surface area contributed by atoms with Crippen molar-refractivity contribution in [1.82, 2.24) is 0 Å². The smallest absolute Gasteiger partial charge is 0.150 e. The first-order valence-corrected chi connectivity index (χ1v) is 7.21. The fourth-order valence-electron chi connectivity index (χ4n) is 2.79. The molecule has 1 nitrogen and oxygen atoms in total. The van der Waals surface area contributed by atoms with Crippen LogP contribution in [0, 0.1) is 0 Å². The topological polar surface area (TPSA) is 17.1 Å². The Morgan fingerprint density at radius 2 is 1.75 bits per heavy atom. The summed E-state index contributed by atoms with van der Waals surface area (Å²) in [6.07, 6.45) is 3.26. The van der Waals surface area contributed by atoms with E-state index in [4.69, 9.17) is 0 Å². The zero-order chi connectivity index (χ0) is 15.1. The maximum atomic E-state index is 11.5. The summed E-state index contributed by atoms with van der Waals surface area (Å²) in [5, 5.41) is 0. The maximum Gasteiger partial charge on any atom is 0.150 e. The van der Waals surface area contributed by atoms with Crippen molar-refractivity contribution in [2.24, 2.45) is 0 Å². The van der Waals surface area contributed by atoms with Crippen molar-refractivity contribution in [3.63, 3.8) is 0 Å². The summed E-state index contributed by atoms with van der Waals surface area (Å²) in [5.74, 6) is 0.254. The lowest BCUT2D eigenvalue weighted by Crippen LogP contribution is -2.12. The summed E-state index contributed by atoms with van der Waals surface area (Å²) in [6, 6.07) is 6.33. The molecule has 0 radical (unpaired) electrons. The Balaban J connectivity index is 2.53. The molecule has 1 aromatic rings. The predicted octanol–water partition coefficient (Wildman–Crippen LogP) is 5.18. The van der Waals surface area contributed by atoms with Crippen LogP contribution in [0.1, 0.15) is 68.9 Å². The molecule has 0 bridgehead atoms. The van der Waals surface area contributed by atoms with Crippen molar-refractivity contribution in [3.05, 3.63) is 57.7 Å². The highest BCUT2D eigenvalue weighted by atomic mass is 16.1. The van der Waals surface area contributed by atoms with Crippen molar-refractivity contribution >= 4 is 6.29 Å². The van der Waals surface area contributed by atoms with Gasteiger partial charge in [-0.1, -0.05) is 50.1 Å². The summed E-state index contributed by atoms with van der Waals surface area (Å²) in [6.45, 7) is 13.0. The highest BCUT2D eigenvalue weighted by molar-refractivity contribution is 5.79. The van der Waals surface area contributed by atoms with Crippen LogP contribution in [0.2, 0.25) is 0 Å². The predicted molar refractivity (Wildman–Crippen MR) is 85.4 cm³/mol. The minimum absolute atomic E-state index is 0.0680. The second kappa shape index (κ2) is 5.05. The molecule has 0 aromatic heterocycles. The van der Waals surface area contributed by atoms with E-state index in [2.05, 4.69) is 59.8 Å². The van der Waals surface area contributed by atoms with Crippen LogP contribution in [-0.2, 0) is 5.41 Å². The molecule has 0 spiro atoms. The van der Waals surface area contributed by atoms with E-state index in [1.54, 1.807) is 0 Å². The second-order valence-electron chi connectivity index (χ2n) is 6.85. The molecule has 20 heavy (non-hydrogen) atoms. The Kier molecular flexibility index (Phi) is 3.73. The Morgan fingerprint density at radius 1 is 1.10 bits per heavy atom. The molecule has 1 aromatic carbocycles. The van der Waals surface area contributed by atoms with Crippen LogP contribution in [0.25, 0.3) is 0 Å². The largest absolute Gasteiger partial charge is 0.298 e. The first-order valence-electron chi connectivity index (χ1n) is 7.21. The van der Waals surface area contributed by atoms with Gasteiger partial charge in [0, 0.05) is 11.5 Å². The fourth-order valence-corrected chi connectivity index (χ4v) is 2.79. The van der Waals surface area contributed by atoms with Crippen molar-refractivity contribution in [2.75, 3.05) is 0 Å². The number of hydrogen-bond acceptors (Lipinski definition) is 1. The van der Waals surface area contributed by atoms with E-state index >= 15 is 0 Å². The molecule has 0 aliphatic heterocycles. The molecule has 0 heterocycles. The van der Waals surface area contributed by atoms with Crippen molar-refractivity contribution in [1.29, 1.82) is 0 Å². The lowest BCUT2D eigenvalue weighted by molar-refractivity contribution is 0.112. The van der Waals surface area contributed by atoms with E-state index in [0.29, 0.717) is 0 Å². The van der Waals surface area contributed by atoms with Gasteiger partial charge in [0.25, 0.3) is 0 Å². The molecule has 1 aliphatic carbocycles. The average molecular weight is 268 g/mol. The third-order valence-corrected chi connectivity index (χ3v) is 4.48. The number of benzene rings is 1. The Morgan fingerprint density at radius 3 is 2.20 bits per heavy atom. The van der Waals surface area contributed by atoms with Crippen LogP contribution in [-0.4, -0.2) is 6.29 Å². The zero-order valence-electron chi connectivity index (χ0n) is 13.4. The van der Waals surface area contributed by atoms with E-state index in [1.807, 2.05) is 6.07 Å². The first-order chi connectivity index (χ1) is 9.25. The van der Waals surface area contributed by atoms with Gasteiger partial charge in [-0.15, -0.1) is 0 Å². The Hall–Kier alpha value is -1.63. The standard InChI is InChI=1S/C19H24O/c1-12-9-18(14(3)13(12)2)17-8-7-16(19(4,5)6)10-15(17)11-20/h7-11,18H,1-6H3. The molecular weight excluding hydrogens is 244 g/mol. The number of carbonyl (C=O) groups is 1. The van der Waals surface area contributed by atoms with Gasteiger partial charge in [-0.05, 0) is 49.0 Å².